The minimum absolute atomic E-state index is 0.456. The normalized spacial score (nSPS) is 11.8. The summed E-state index contributed by atoms with van der Waals surface area (Å²) >= 11 is 3.44. The zero-order chi connectivity index (χ0) is 12.5. The van der Waals surface area contributed by atoms with E-state index >= 15 is 0 Å². The topological polar surface area (TPSA) is 67.2 Å². The molecule has 0 unspecified atom stereocenters. The quantitative estimate of drug-likeness (QED) is 0.880. The third kappa shape index (κ3) is 2.62. The SMILES string of the molecule is Cc1nn(C)c(CNC(C)(C)C(=O)O)c1Br. The first-order valence-corrected chi connectivity index (χ1v) is 5.71. The van der Waals surface area contributed by atoms with Crippen LogP contribution in [0.1, 0.15) is 25.2 Å². The number of carbonyl (C=O) groups is 1. The molecular weight excluding hydrogens is 274 g/mol. The number of hydrogen-bond acceptors (Lipinski definition) is 3. The van der Waals surface area contributed by atoms with Crippen molar-refractivity contribution in [3.63, 3.8) is 0 Å². The molecule has 1 aromatic heterocycles. The molecule has 0 saturated heterocycles. The molecule has 0 amide bonds. The van der Waals surface area contributed by atoms with Crippen molar-refractivity contribution in [3.05, 3.63) is 15.9 Å². The van der Waals surface area contributed by atoms with Crippen molar-refractivity contribution in [2.45, 2.75) is 32.9 Å². The van der Waals surface area contributed by atoms with Crippen LogP contribution in [0.15, 0.2) is 4.47 Å². The van der Waals surface area contributed by atoms with Crippen molar-refractivity contribution in [1.29, 1.82) is 0 Å². The van der Waals surface area contributed by atoms with Crippen molar-refractivity contribution in [2.75, 3.05) is 0 Å². The summed E-state index contributed by atoms with van der Waals surface area (Å²) in [6.45, 7) is 5.62. The zero-order valence-corrected chi connectivity index (χ0v) is 11.4. The van der Waals surface area contributed by atoms with E-state index in [-0.39, 0.29) is 0 Å². The van der Waals surface area contributed by atoms with Gasteiger partial charge in [0.1, 0.15) is 5.54 Å². The summed E-state index contributed by atoms with van der Waals surface area (Å²) in [7, 11) is 1.84. The summed E-state index contributed by atoms with van der Waals surface area (Å²) < 4.78 is 2.66. The molecule has 0 aliphatic heterocycles. The molecule has 0 aromatic carbocycles. The Labute approximate surface area is 103 Å². The minimum Gasteiger partial charge on any atom is -0.480 e. The second-order valence-electron chi connectivity index (χ2n) is 4.25. The van der Waals surface area contributed by atoms with Gasteiger partial charge >= 0.3 is 5.97 Å². The van der Waals surface area contributed by atoms with E-state index in [9.17, 15) is 4.79 Å². The Morgan fingerprint density at radius 1 is 1.62 bits per heavy atom. The van der Waals surface area contributed by atoms with E-state index in [1.54, 1.807) is 18.5 Å². The monoisotopic (exact) mass is 289 g/mol. The highest BCUT2D eigenvalue weighted by atomic mass is 79.9. The molecule has 6 heteroatoms. The first-order chi connectivity index (χ1) is 7.25. The van der Waals surface area contributed by atoms with E-state index in [2.05, 4.69) is 26.3 Å². The minimum atomic E-state index is -0.947. The number of aryl methyl sites for hydroxylation is 2. The summed E-state index contributed by atoms with van der Waals surface area (Å²) in [5.74, 6) is -0.873. The van der Waals surface area contributed by atoms with Crippen LogP contribution in [0.3, 0.4) is 0 Å². The lowest BCUT2D eigenvalue weighted by molar-refractivity contribution is -0.143. The van der Waals surface area contributed by atoms with E-state index in [1.807, 2.05) is 14.0 Å². The predicted octanol–water partition coefficient (Wildman–Crippen LogP) is 1.44. The van der Waals surface area contributed by atoms with Crippen molar-refractivity contribution in [1.82, 2.24) is 15.1 Å². The fourth-order valence-electron chi connectivity index (χ4n) is 1.25. The van der Waals surface area contributed by atoms with Crippen LogP contribution in [0.25, 0.3) is 0 Å². The van der Waals surface area contributed by atoms with Crippen molar-refractivity contribution in [3.8, 4) is 0 Å². The zero-order valence-electron chi connectivity index (χ0n) is 9.83. The van der Waals surface area contributed by atoms with Crippen molar-refractivity contribution in [2.24, 2.45) is 7.05 Å². The summed E-state index contributed by atoms with van der Waals surface area (Å²) in [4.78, 5) is 10.9. The number of hydrogen-bond donors (Lipinski definition) is 2. The van der Waals surface area contributed by atoms with Gasteiger partial charge in [-0.1, -0.05) is 0 Å². The van der Waals surface area contributed by atoms with Gasteiger partial charge in [0.05, 0.1) is 15.9 Å². The fraction of sp³-hybridized carbons (Fsp3) is 0.600. The third-order valence-corrected chi connectivity index (χ3v) is 3.53. The first-order valence-electron chi connectivity index (χ1n) is 4.92. The molecule has 0 aliphatic carbocycles. The maximum atomic E-state index is 10.9. The van der Waals surface area contributed by atoms with E-state index in [0.717, 1.165) is 15.9 Å². The van der Waals surface area contributed by atoms with Gasteiger partial charge < -0.3 is 5.11 Å². The lowest BCUT2D eigenvalue weighted by atomic mass is 10.1. The van der Waals surface area contributed by atoms with Crippen LogP contribution in [0.4, 0.5) is 0 Å². The second kappa shape index (κ2) is 4.55. The third-order valence-electron chi connectivity index (χ3n) is 2.49. The summed E-state index contributed by atoms with van der Waals surface area (Å²) in [6, 6.07) is 0. The van der Waals surface area contributed by atoms with Gasteiger partial charge in [0, 0.05) is 13.6 Å². The maximum Gasteiger partial charge on any atom is 0.323 e. The van der Waals surface area contributed by atoms with E-state index < -0.39 is 11.5 Å². The van der Waals surface area contributed by atoms with Crippen molar-refractivity contribution < 1.29 is 9.90 Å². The Hall–Kier alpha value is -0.880. The van der Waals surface area contributed by atoms with Crippen LogP contribution in [0.2, 0.25) is 0 Å². The summed E-state index contributed by atoms with van der Waals surface area (Å²) in [5, 5.41) is 16.2. The Kier molecular flexibility index (Phi) is 3.75. The van der Waals surface area contributed by atoms with Crippen LogP contribution in [-0.2, 0) is 18.4 Å². The van der Waals surface area contributed by atoms with Gasteiger partial charge in [-0.3, -0.25) is 14.8 Å². The molecule has 0 fully saturated rings. The fourth-order valence-corrected chi connectivity index (χ4v) is 1.73. The molecule has 0 bridgehead atoms. The Balaban J connectivity index is 2.79. The van der Waals surface area contributed by atoms with Gasteiger partial charge in [0.15, 0.2) is 0 Å². The molecule has 0 radical (unpaired) electrons. The molecule has 0 aliphatic rings. The molecule has 0 spiro atoms. The molecule has 0 saturated carbocycles. The second-order valence-corrected chi connectivity index (χ2v) is 5.05. The molecule has 1 aromatic rings. The molecule has 1 rings (SSSR count). The smallest absolute Gasteiger partial charge is 0.323 e. The molecule has 90 valence electrons. The summed E-state index contributed by atoms with van der Waals surface area (Å²) in [6.07, 6.45) is 0. The van der Waals surface area contributed by atoms with E-state index in [1.165, 1.54) is 0 Å². The maximum absolute atomic E-state index is 10.9. The summed E-state index contributed by atoms with van der Waals surface area (Å²) in [5.41, 5.74) is 0.886. The predicted molar refractivity (Wildman–Crippen MR) is 64.2 cm³/mol. The number of nitrogens with zero attached hydrogens (tertiary/aromatic N) is 2. The molecular formula is C10H16BrN3O2. The highest BCUT2D eigenvalue weighted by molar-refractivity contribution is 9.10. The lowest BCUT2D eigenvalue weighted by Crippen LogP contribution is -2.46. The molecule has 0 atom stereocenters. The number of aromatic nitrogens is 2. The van der Waals surface area contributed by atoms with Gasteiger partial charge in [-0.2, -0.15) is 5.10 Å². The molecule has 16 heavy (non-hydrogen) atoms. The molecule has 2 N–H and O–H groups in total. The highest BCUT2D eigenvalue weighted by Crippen LogP contribution is 2.20. The standard InChI is InChI=1S/C10H16BrN3O2/c1-6-8(11)7(14(4)13-6)5-12-10(2,3)9(15)16/h12H,5H2,1-4H3,(H,15,16). The number of carboxylic acid groups (broad SMARTS) is 1. The number of carboxylic acids is 1. The Morgan fingerprint density at radius 2 is 2.19 bits per heavy atom. The highest BCUT2D eigenvalue weighted by Gasteiger charge is 2.26. The number of nitrogens with one attached hydrogen (secondary N) is 1. The van der Waals surface area contributed by atoms with E-state index in [4.69, 9.17) is 5.11 Å². The number of halogens is 1. The molecule has 5 nitrogen and oxygen atoms in total. The van der Waals surface area contributed by atoms with Gasteiger partial charge in [-0.05, 0) is 36.7 Å². The van der Waals surface area contributed by atoms with Crippen LogP contribution in [0.5, 0.6) is 0 Å². The van der Waals surface area contributed by atoms with Crippen LogP contribution in [-0.4, -0.2) is 26.4 Å². The Morgan fingerprint density at radius 3 is 2.56 bits per heavy atom. The van der Waals surface area contributed by atoms with Gasteiger partial charge in [0.25, 0.3) is 0 Å². The van der Waals surface area contributed by atoms with Gasteiger partial charge in [-0.15, -0.1) is 0 Å². The number of aliphatic carboxylic acids is 1. The molecule has 1 heterocycles. The number of rotatable bonds is 4. The van der Waals surface area contributed by atoms with Crippen molar-refractivity contribution >= 4 is 21.9 Å². The average Bonchev–Trinajstić information content (AvgIpc) is 2.39. The van der Waals surface area contributed by atoms with Crippen LogP contribution < -0.4 is 5.32 Å². The Bertz CT molecular complexity index is 412. The van der Waals surface area contributed by atoms with Crippen LogP contribution in [0, 0.1) is 6.92 Å². The first kappa shape index (κ1) is 13.2. The van der Waals surface area contributed by atoms with Gasteiger partial charge in [-0.25, -0.2) is 0 Å². The van der Waals surface area contributed by atoms with Gasteiger partial charge in [0.2, 0.25) is 0 Å². The van der Waals surface area contributed by atoms with Crippen LogP contribution >= 0.6 is 15.9 Å². The van der Waals surface area contributed by atoms with E-state index in [0.29, 0.717) is 6.54 Å². The largest absolute Gasteiger partial charge is 0.480 e. The lowest BCUT2D eigenvalue weighted by Gasteiger charge is -2.21. The average molecular weight is 290 g/mol.